The van der Waals surface area contributed by atoms with Gasteiger partial charge in [-0.15, -0.1) is 0 Å². The molecule has 0 saturated carbocycles. The van der Waals surface area contributed by atoms with E-state index in [2.05, 4.69) is 5.10 Å². The number of para-hydroxylation sites is 1. The Labute approximate surface area is 170 Å². The molecule has 0 radical (unpaired) electrons. The second-order valence-corrected chi connectivity index (χ2v) is 7.07. The minimum Gasteiger partial charge on any atom is -0.467 e. The number of hydrogen-bond acceptors (Lipinski definition) is 3. The summed E-state index contributed by atoms with van der Waals surface area (Å²) in [4.78, 5) is 15.2. The van der Waals surface area contributed by atoms with Crippen molar-refractivity contribution in [3.05, 3.63) is 107 Å². The van der Waals surface area contributed by atoms with Crippen molar-refractivity contribution in [2.45, 2.75) is 26.9 Å². The molecule has 4 aromatic rings. The topological polar surface area (TPSA) is 51.3 Å². The van der Waals surface area contributed by atoms with Gasteiger partial charge >= 0.3 is 0 Å². The molecule has 0 atom stereocenters. The van der Waals surface area contributed by atoms with Crippen LogP contribution in [0.2, 0.25) is 0 Å². The highest BCUT2D eigenvalue weighted by atomic mass is 16.3. The first kappa shape index (κ1) is 18.7. The maximum Gasteiger partial charge on any atom is 0.258 e. The van der Waals surface area contributed by atoms with Gasteiger partial charge in [0.25, 0.3) is 5.91 Å². The van der Waals surface area contributed by atoms with Crippen molar-refractivity contribution in [3.63, 3.8) is 0 Å². The predicted octanol–water partition coefficient (Wildman–Crippen LogP) is 4.92. The molecule has 0 fully saturated rings. The van der Waals surface area contributed by atoms with E-state index in [1.54, 1.807) is 17.4 Å². The van der Waals surface area contributed by atoms with Crippen molar-refractivity contribution in [3.8, 4) is 5.69 Å². The molecule has 0 bridgehead atoms. The first-order valence-corrected chi connectivity index (χ1v) is 9.59. The number of nitrogens with zero attached hydrogens (tertiary/aromatic N) is 3. The summed E-state index contributed by atoms with van der Waals surface area (Å²) in [6, 6.07) is 21.7. The zero-order valence-electron chi connectivity index (χ0n) is 16.6. The molecule has 0 unspecified atom stereocenters. The lowest BCUT2D eigenvalue weighted by Gasteiger charge is -2.22. The van der Waals surface area contributed by atoms with E-state index in [0.29, 0.717) is 18.7 Å². The van der Waals surface area contributed by atoms with E-state index in [0.717, 1.165) is 28.3 Å². The van der Waals surface area contributed by atoms with Crippen LogP contribution in [-0.4, -0.2) is 20.6 Å². The molecule has 0 N–H and O–H groups in total. The number of benzene rings is 2. The van der Waals surface area contributed by atoms with Gasteiger partial charge < -0.3 is 9.32 Å². The molecule has 4 rings (SSSR count). The number of aromatic nitrogens is 2. The zero-order valence-corrected chi connectivity index (χ0v) is 16.6. The Bertz CT molecular complexity index is 1100. The van der Waals surface area contributed by atoms with Crippen LogP contribution in [0.3, 0.4) is 0 Å². The molecular formula is C24H23N3O2. The van der Waals surface area contributed by atoms with Gasteiger partial charge in [-0.2, -0.15) is 5.10 Å². The van der Waals surface area contributed by atoms with Crippen molar-refractivity contribution in [2.75, 3.05) is 0 Å². The smallest absolute Gasteiger partial charge is 0.258 e. The third-order valence-electron chi connectivity index (χ3n) is 5.01. The molecular weight excluding hydrogens is 362 g/mol. The number of aryl methyl sites for hydroxylation is 1. The fourth-order valence-corrected chi connectivity index (χ4v) is 3.43. The van der Waals surface area contributed by atoms with Gasteiger partial charge in [0.2, 0.25) is 0 Å². The molecule has 5 nitrogen and oxygen atoms in total. The van der Waals surface area contributed by atoms with E-state index in [1.807, 2.05) is 85.3 Å². The van der Waals surface area contributed by atoms with E-state index in [1.165, 1.54) is 0 Å². The molecule has 0 saturated heterocycles. The van der Waals surface area contributed by atoms with Crippen LogP contribution in [0.25, 0.3) is 5.69 Å². The van der Waals surface area contributed by atoms with Gasteiger partial charge in [-0.05, 0) is 43.2 Å². The largest absolute Gasteiger partial charge is 0.467 e. The SMILES string of the molecule is Cc1ccccc1-n1ncc(C(=O)N(Cc2ccccc2)Cc2ccco2)c1C. The molecule has 0 spiro atoms. The van der Waals surface area contributed by atoms with Crippen molar-refractivity contribution >= 4 is 5.91 Å². The van der Waals surface area contributed by atoms with Crippen molar-refractivity contribution in [1.82, 2.24) is 14.7 Å². The predicted molar refractivity (Wildman–Crippen MR) is 112 cm³/mol. The average molecular weight is 385 g/mol. The van der Waals surface area contributed by atoms with Crippen LogP contribution in [0, 0.1) is 13.8 Å². The summed E-state index contributed by atoms with van der Waals surface area (Å²) >= 11 is 0. The van der Waals surface area contributed by atoms with Gasteiger partial charge in [0.1, 0.15) is 5.76 Å². The number of carbonyl (C=O) groups excluding carboxylic acids is 1. The number of rotatable bonds is 6. The van der Waals surface area contributed by atoms with Crippen molar-refractivity contribution in [1.29, 1.82) is 0 Å². The molecule has 146 valence electrons. The summed E-state index contributed by atoms with van der Waals surface area (Å²) in [7, 11) is 0. The monoisotopic (exact) mass is 385 g/mol. The number of hydrogen-bond donors (Lipinski definition) is 0. The van der Waals surface area contributed by atoms with Gasteiger partial charge in [0.05, 0.1) is 35.9 Å². The molecule has 2 heterocycles. The van der Waals surface area contributed by atoms with Gasteiger partial charge in [-0.1, -0.05) is 48.5 Å². The lowest BCUT2D eigenvalue weighted by atomic mass is 10.1. The second-order valence-electron chi connectivity index (χ2n) is 7.07. The highest BCUT2D eigenvalue weighted by molar-refractivity contribution is 5.95. The lowest BCUT2D eigenvalue weighted by Crippen LogP contribution is -2.30. The molecule has 0 aliphatic heterocycles. The van der Waals surface area contributed by atoms with Crippen LogP contribution in [0.1, 0.15) is 32.9 Å². The summed E-state index contributed by atoms with van der Waals surface area (Å²) in [5.41, 5.74) is 4.56. The van der Waals surface area contributed by atoms with Crippen LogP contribution in [0.5, 0.6) is 0 Å². The van der Waals surface area contributed by atoms with Gasteiger partial charge in [-0.25, -0.2) is 4.68 Å². The fraction of sp³-hybridized carbons (Fsp3) is 0.167. The van der Waals surface area contributed by atoms with Crippen LogP contribution in [-0.2, 0) is 13.1 Å². The third kappa shape index (κ3) is 3.99. The number of furan rings is 1. The minimum absolute atomic E-state index is 0.0670. The molecule has 0 aliphatic carbocycles. The Hall–Kier alpha value is -3.60. The summed E-state index contributed by atoms with van der Waals surface area (Å²) in [5.74, 6) is 0.681. The van der Waals surface area contributed by atoms with Gasteiger partial charge in [0.15, 0.2) is 0 Å². The molecule has 0 aliphatic rings. The quantitative estimate of drug-likeness (QED) is 0.473. The zero-order chi connectivity index (χ0) is 20.2. The van der Waals surface area contributed by atoms with E-state index < -0.39 is 0 Å². The van der Waals surface area contributed by atoms with Crippen LogP contribution in [0.4, 0.5) is 0 Å². The summed E-state index contributed by atoms with van der Waals surface area (Å²) in [5, 5.41) is 4.50. The van der Waals surface area contributed by atoms with E-state index in [4.69, 9.17) is 4.42 Å². The Morgan fingerprint density at radius 1 is 0.966 bits per heavy atom. The van der Waals surface area contributed by atoms with Gasteiger partial charge in [-0.3, -0.25) is 4.79 Å². The van der Waals surface area contributed by atoms with Crippen molar-refractivity contribution in [2.24, 2.45) is 0 Å². The summed E-state index contributed by atoms with van der Waals surface area (Å²) in [6.45, 7) is 4.86. The van der Waals surface area contributed by atoms with Crippen molar-refractivity contribution < 1.29 is 9.21 Å². The maximum absolute atomic E-state index is 13.5. The number of carbonyl (C=O) groups is 1. The molecule has 2 aromatic heterocycles. The standard InChI is InChI=1S/C24H23N3O2/c1-18-9-6-7-13-23(18)27-19(2)22(15-25-27)24(28)26(17-21-12-8-14-29-21)16-20-10-4-3-5-11-20/h3-15H,16-17H2,1-2H3. The second kappa shape index (κ2) is 8.19. The molecule has 2 aromatic carbocycles. The normalized spacial score (nSPS) is 10.8. The minimum atomic E-state index is -0.0670. The fourth-order valence-electron chi connectivity index (χ4n) is 3.43. The first-order chi connectivity index (χ1) is 14.1. The summed E-state index contributed by atoms with van der Waals surface area (Å²) in [6.07, 6.45) is 3.28. The van der Waals surface area contributed by atoms with E-state index in [-0.39, 0.29) is 5.91 Å². The highest BCUT2D eigenvalue weighted by Gasteiger charge is 2.23. The molecule has 1 amide bonds. The maximum atomic E-state index is 13.5. The van der Waals surface area contributed by atoms with Crippen LogP contribution < -0.4 is 0 Å². The summed E-state index contributed by atoms with van der Waals surface area (Å²) < 4.78 is 7.32. The third-order valence-corrected chi connectivity index (χ3v) is 5.01. The van der Waals surface area contributed by atoms with Gasteiger partial charge in [0, 0.05) is 6.54 Å². The number of amides is 1. The van der Waals surface area contributed by atoms with Crippen LogP contribution in [0.15, 0.2) is 83.6 Å². The van der Waals surface area contributed by atoms with Crippen LogP contribution >= 0.6 is 0 Å². The average Bonchev–Trinajstić information content (AvgIpc) is 3.38. The Balaban J connectivity index is 1.66. The molecule has 29 heavy (non-hydrogen) atoms. The lowest BCUT2D eigenvalue weighted by molar-refractivity contribution is 0.0717. The first-order valence-electron chi connectivity index (χ1n) is 9.59. The Morgan fingerprint density at radius 3 is 2.45 bits per heavy atom. The van der Waals surface area contributed by atoms with E-state index >= 15 is 0 Å². The Morgan fingerprint density at radius 2 is 1.72 bits per heavy atom. The highest BCUT2D eigenvalue weighted by Crippen LogP contribution is 2.21. The molecule has 5 heteroatoms. The Kier molecular flexibility index (Phi) is 5.29. The van der Waals surface area contributed by atoms with E-state index in [9.17, 15) is 4.79 Å².